The van der Waals surface area contributed by atoms with E-state index in [1.165, 1.54) is 0 Å². The topological polar surface area (TPSA) is 194 Å². The van der Waals surface area contributed by atoms with Crippen molar-refractivity contribution >= 4 is 5.97 Å². The van der Waals surface area contributed by atoms with Gasteiger partial charge in [0, 0.05) is 5.92 Å². The van der Waals surface area contributed by atoms with E-state index in [4.69, 9.17) is 28.4 Å². The van der Waals surface area contributed by atoms with Crippen molar-refractivity contribution in [3.05, 3.63) is 0 Å². The summed E-state index contributed by atoms with van der Waals surface area (Å²) in [4.78, 5) is 11.9. The minimum atomic E-state index is -1.47. The van der Waals surface area contributed by atoms with Crippen molar-refractivity contribution < 1.29 is 63.9 Å². The zero-order valence-electron chi connectivity index (χ0n) is 21.5. The fourth-order valence-corrected chi connectivity index (χ4v) is 6.22. The zero-order valence-corrected chi connectivity index (χ0v) is 21.5. The first-order valence-electron chi connectivity index (χ1n) is 13.6. The normalized spacial score (nSPS) is 53.2. The van der Waals surface area contributed by atoms with E-state index in [0.717, 1.165) is 12.8 Å². The van der Waals surface area contributed by atoms with Crippen LogP contribution in [0.25, 0.3) is 0 Å². The molecule has 0 radical (unpaired) electrons. The maximum absolute atomic E-state index is 11.9. The molecule has 2 aliphatic carbocycles. The predicted octanol–water partition coefficient (Wildman–Crippen LogP) is -1.64. The Kier molecular flexibility index (Phi) is 8.63. The number of aliphatic hydroxyl groups excluding tert-OH is 5. The zero-order chi connectivity index (χ0) is 27.3. The fourth-order valence-electron chi connectivity index (χ4n) is 6.22. The third-order valence-electron chi connectivity index (χ3n) is 8.70. The summed E-state index contributed by atoms with van der Waals surface area (Å²) in [6.07, 6.45) is -11.2. The highest BCUT2D eigenvalue weighted by Gasteiger charge is 2.56. The highest BCUT2D eigenvalue weighted by atomic mass is 16.7. The summed E-state index contributed by atoms with van der Waals surface area (Å²) in [7, 11) is 0. The van der Waals surface area contributed by atoms with E-state index in [1.807, 2.05) is 6.92 Å². The summed E-state index contributed by atoms with van der Waals surface area (Å²) >= 11 is 0. The van der Waals surface area contributed by atoms with Gasteiger partial charge in [-0.15, -0.1) is 0 Å². The van der Waals surface area contributed by atoms with Gasteiger partial charge in [-0.1, -0.05) is 13.3 Å². The van der Waals surface area contributed by atoms with Crippen LogP contribution in [0.5, 0.6) is 0 Å². The van der Waals surface area contributed by atoms with Crippen molar-refractivity contribution in [2.45, 2.75) is 119 Å². The number of aliphatic carboxylic acids is 1. The van der Waals surface area contributed by atoms with Gasteiger partial charge < -0.3 is 59.1 Å². The molecule has 3 heterocycles. The Hall–Kier alpha value is -0.970. The summed E-state index contributed by atoms with van der Waals surface area (Å²) in [5.41, 5.74) is 0. The molecule has 0 aromatic heterocycles. The SMILES string of the molecule is CC1O[C@@H](OC2[C@H](C)CCC[C@H]2O[C@@H]2OC(CO)[C@H](O)C3O[C@@H](C(=O)O)C4CC4COC32)[C@@H](O)C(O)[C@@H]1O. The monoisotopic (exact) mass is 548 g/mol. The van der Waals surface area contributed by atoms with Gasteiger partial charge in [0.15, 0.2) is 18.7 Å². The molecular formula is C25H40O13. The number of carbonyl (C=O) groups is 1. The lowest BCUT2D eigenvalue weighted by Gasteiger charge is -2.48. The lowest BCUT2D eigenvalue weighted by atomic mass is 9.85. The van der Waals surface area contributed by atoms with Crippen LogP contribution < -0.4 is 0 Å². The third kappa shape index (κ3) is 5.48. The lowest BCUT2D eigenvalue weighted by Crippen LogP contribution is -2.64. The van der Waals surface area contributed by atoms with Crippen molar-refractivity contribution in [2.75, 3.05) is 13.2 Å². The molecule has 5 aliphatic rings. The first-order chi connectivity index (χ1) is 18.1. The summed E-state index contributed by atoms with van der Waals surface area (Å²) in [5, 5.41) is 61.2. The second-order valence-corrected chi connectivity index (χ2v) is 11.4. The molecular weight excluding hydrogens is 508 g/mol. The Balaban J connectivity index is 1.34. The maximum Gasteiger partial charge on any atom is 0.333 e. The average Bonchev–Trinajstić information content (AvgIpc) is 3.63. The highest BCUT2D eigenvalue weighted by molar-refractivity contribution is 5.73. The number of hydrogen-bond acceptors (Lipinski definition) is 12. The van der Waals surface area contributed by atoms with Gasteiger partial charge in [0.05, 0.1) is 31.5 Å². The van der Waals surface area contributed by atoms with Crippen LogP contribution in [0.4, 0.5) is 0 Å². The first-order valence-corrected chi connectivity index (χ1v) is 13.6. The van der Waals surface area contributed by atoms with Gasteiger partial charge in [-0.05, 0) is 38.0 Å². The summed E-state index contributed by atoms with van der Waals surface area (Å²) in [6.45, 7) is 3.26. The van der Waals surface area contributed by atoms with E-state index >= 15 is 0 Å². The van der Waals surface area contributed by atoms with Crippen LogP contribution in [0.3, 0.4) is 0 Å². The van der Waals surface area contributed by atoms with Gasteiger partial charge >= 0.3 is 5.97 Å². The van der Waals surface area contributed by atoms with Crippen molar-refractivity contribution in [2.24, 2.45) is 17.8 Å². The van der Waals surface area contributed by atoms with Crippen LogP contribution in [0.1, 0.15) is 39.5 Å². The molecule has 13 heteroatoms. The molecule has 6 N–H and O–H groups in total. The molecule has 5 rings (SSSR count). The number of hydrogen-bond donors (Lipinski definition) is 6. The second kappa shape index (κ2) is 11.5. The van der Waals surface area contributed by atoms with Gasteiger partial charge in [-0.2, -0.15) is 0 Å². The number of fused-ring (bicyclic) bond motifs is 2. The molecule has 0 amide bonds. The molecule has 218 valence electrons. The van der Waals surface area contributed by atoms with Gasteiger partial charge in [-0.25, -0.2) is 4.79 Å². The Morgan fingerprint density at radius 3 is 2.37 bits per heavy atom. The lowest BCUT2D eigenvalue weighted by molar-refractivity contribution is -0.354. The van der Waals surface area contributed by atoms with E-state index in [-0.39, 0.29) is 24.4 Å². The molecule has 16 atom stereocenters. The number of aliphatic hydroxyl groups is 5. The van der Waals surface area contributed by atoms with Crippen molar-refractivity contribution in [3.8, 4) is 0 Å². The Morgan fingerprint density at radius 1 is 0.895 bits per heavy atom. The van der Waals surface area contributed by atoms with E-state index in [2.05, 4.69) is 0 Å². The van der Waals surface area contributed by atoms with Crippen molar-refractivity contribution in [3.63, 3.8) is 0 Å². The second-order valence-electron chi connectivity index (χ2n) is 11.4. The molecule has 38 heavy (non-hydrogen) atoms. The molecule has 5 fully saturated rings. The van der Waals surface area contributed by atoms with Crippen LogP contribution in [0.2, 0.25) is 0 Å². The molecule has 0 spiro atoms. The van der Waals surface area contributed by atoms with Gasteiger partial charge in [0.1, 0.15) is 42.7 Å². The molecule has 0 aromatic carbocycles. The predicted molar refractivity (Wildman–Crippen MR) is 125 cm³/mol. The van der Waals surface area contributed by atoms with Crippen LogP contribution in [-0.2, 0) is 33.2 Å². The number of ether oxygens (including phenoxy) is 6. The van der Waals surface area contributed by atoms with Gasteiger partial charge in [-0.3, -0.25) is 0 Å². The minimum Gasteiger partial charge on any atom is -0.479 e. The smallest absolute Gasteiger partial charge is 0.333 e. The average molecular weight is 549 g/mol. The Labute approximate surface area is 220 Å². The third-order valence-corrected chi connectivity index (χ3v) is 8.70. The number of carboxylic acid groups (broad SMARTS) is 1. The first kappa shape index (κ1) is 28.6. The fraction of sp³-hybridized carbons (Fsp3) is 0.960. The standard InChI is InChI=1S/C25H40O13/c1-9-4-3-5-13(19(9)38-24-18(30)17(29)15(27)10(2)34-24)35-25-22-21(16(28)14(7-26)36-25)37-20(23(31)32)12-6-11(12)8-33-22/h9-22,24-30H,3-8H2,1-2H3,(H,31,32)/t9-,10?,11?,12?,13-,14?,15-,16+,17?,18+,19?,20-,21?,22?,24+,25-/m1/s1. The van der Waals surface area contributed by atoms with Crippen LogP contribution >= 0.6 is 0 Å². The van der Waals surface area contributed by atoms with Crippen LogP contribution in [-0.4, -0.2) is 130 Å². The van der Waals surface area contributed by atoms with Crippen molar-refractivity contribution in [1.29, 1.82) is 0 Å². The van der Waals surface area contributed by atoms with Crippen molar-refractivity contribution in [1.82, 2.24) is 0 Å². The van der Waals surface area contributed by atoms with Gasteiger partial charge in [0.2, 0.25) is 0 Å². The summed E-state index contributed by atoms with van der Waals surface area (Å²) in [6, 6.07) is 0. The Bertz CT molecular complexity index is 829. The van der Waals surface area contributed by atoms with E-state index in [0.29, 0.717) is 12.8 Å². The number of carboxylic acids is 1. The van der Waals surface area contributed by atoms with Gasteiger partial charge in [0.25, 0.3) is 0 Å². The number of rotatable bonds is 6. The summed E-state index contributed by atoms with van der Waals surface area (Å²) in [5.74, 6) is -1.33. The molecule has 8 unspecified atom stereocenters. The van der Waals surface area contributed by atoms with E-state index < -0.39 is 92.3 Å². The largest absolute Gasteiger partial charge is 0.479 e. The molecule has 3 saturated heterocycles. The van der Waals surface area contributed by atoms with E-state index in [1.54, 1.807) is 6.92 Å². The van der Waals surface area contributed by atoms with E-state index in [9.17, 15) is 35.4 Å². The highest BCUT2D eigenvalue weighted by Crippen LogP contribution is 2.46. The van der Waals surface area contributed by atoms with Crippen LogP contribution in [0, 0.1) is 17.8 Å². The Morgan fingerprint density at radius 2 is 1.66 bits per heavy atom. The molecule has 0 bridgehead atoms. The summed E-state index contributed by atoms with van der Waals surface area (Å²) < 4.78 is 36.1. The maximum atomic E-state index is 11.9. The molecule has 0 aromatic rings. The van der Waals surface area contributed by atoms with Crippen LogP contribution in [0.15, 0.2) is 0 Å². The molecule has 13 nitrogen and oxygen atoms in total. The molecule has 2 saturated carbocycles. The molecule has 3 aliphatic heterocycles. The minimum absolute atomic E-state index is 0.0184. The quantitative estimate of drug-likeness (QED) is 0.221.